The first-order chi connectivity index (χ1) is 5.38. The number of nitrogen functional groups attached to an aromatic ring is 1. The Kier molecular flexibility index (Phi) is 1.59. The van der Waals surface area contributed by atoms with Crippen LogP contribution in [0.2, 0.25) is 0 Å². The van der Waals surface area contributed by atoms with Gasteiger partial charge in [-0.25, -0.2) is 0 Å². The molecule has 11 heavy (non-hydrogen) atoms. The summed E-state index contributed by atoms with van der Waals surface area (Å²) in [5, 5.41) is 8.55. The number of aromatic nitrogens is 2. The van der Waals surface area contributed by atoms with Crippen LogP contribution in [0.25, 0.3) is 11.3 Å². The summed E-state index contributed by atoms with van der Waals surface area (Å²) in [7, 11) is 0. The maximum Gasteiger partial charge on any atom is 0.108 e. The van der Waals surface area contributed by atoms with Gasteiger partial charge in [-0.05, 0) is 23.0 Å². The van der Waals surface area contributed by atoms with Crippen LogP contribution in [0.5, 0.6) is 0 Å². The number of nitrogens with zero attached hydrogens (tertiary/aromatic N) is 2. The molecule has 0 saturated heterocycles. The lowest BCUT2D eigenvalue weighted by molar-refractivity contribution is 1.16. The molecule has 2 N–H and O–H groups in total. The van der Waals surface area contributed by atoms with E-state index in [-0.39, 0.29) is 0 Å². The van der Waals surface area contributed by atoms with E-state index in [1.54, 1.807) is 0 Å². The zero-order valence-corrected chi connectivity index (χ0v) is 7.15. The lowest BCUT2D eigenvalue weighted by Crippen LogP contribution is -1.82. The Hall–Kier alpha value is -0.940. The van der Waals surface area contributed by atoms with Gasteiger partial charge in [0.25, 0.3) is 0 Å². The molecule has 2 rings (SSSR count). The highest BCUT2D eigenvalue weighted by Crippen LogP contribution is 2.28. The summed E-state index contributed by atoms with van der Waals surface area (Å²) in [5.74, 6) is 0. The molecule has 0 fully saturated rings. The summed E-state index contributed by atoms with van der Waals surface area (Å²) < 4.78 is 3.76. The second-order valence-electron chi connectivity index (χ2n) is 1.99. The topological polar surface area (TPSA) is 51.8 Å². The monoisotopic (exact) mass is 183 g/mol. The van der Waals surface area contributed by atoms with Gasteiger partial charge < -0.3 is 5.73 Å². The van der Waals surface area contributed by atoms with Crippen LogP contribution >= 0.6 is 22.9 Å². The molecule has 2 aromatic rings. The van der Waals surface area contributed by atoms with Crippen molar-refractivity contribution in [1.29, 1.82) is 0 Å². The molecule has 0 aliphatic carbocycles. The zero-order chi connectivity index (χ0) is 7.68. The van der Waals surface area contributed by atoms with Crippen molar-refractivity contribution in [3.63, 3.8) is 0 Å². The van der Waals surface area contributed by atoms with Crippen molar-refractivity contribution in [3.05, 3.63) is 16.8 Å². The lowest BCUT2D eigenvalue weighted by Gasteiger charge is -1.89. The van der Waals surface area contributed by atoms with E-state index in [0.717, 1.165) is 16.3 Å². The van der Waals surface area contributed by atoms with Gasteiger partial charge in [0.05, 0.1) is 5.00 Å². The van der Waals surface area contributed by atoms with E-state index in [2.05, 4.69) is 9.59 Å². The smallest absolute Gasteiger partial charge is 0.108 e. The lowest BCUT2D eigenvalue weighted by atomic mass is 10.2. The number of thiophene rings is 1. The summed E-state index contributed by atoms with van der Waals surface area (Å²) in [6.07, 6.45) is 0. The van der Waals surface area contributed by atoms with Gasteiger partial charge in [0.15, 0.2) is 0 Å². The minimum Gasteiger partial charge on any atom is -0.390 e. The van der Waals surface area contributed by atoms with Gasteiger partial charge >= 0.3 is 0 Å². The Morgan fingerprint density at radius 1 is 1.45 bits per heavy atom. The second kappa shape index (κ2) is 2.60. The number of hydrogen-bond acceptors (Lipinski definition) is 5. The predicted octanol–water partition coefficient (Wildman–Crippen LogP) is 1.85. The SMILES string of the molecule is Nc1sccc1-c1csnn1. The van der Waals surface area contributed by atoms with Crippen LogP contribution in [0.3, 0.4) is 0 Å². The molecule has 0 bridgehead atoms. The molecule has 2 aromatic heterocycles. The van der Waals surface area contributed by atoms with Crippen LogP contribution in [-0.4, -0.2) is 9.59 Å². The quantitative estimate of drug-likeness (QED) is 0.734. The van der Waals surface area contributed by atoms with Crippen molar-refractivity contribution in [2.75, 3.05) is 5.73 Å². The molecule has 0 aliphatic heterocycles. The van der Waals surface area contributed by atoms with Gasteiger partial charge in [-0.2, -0.15) is 0 Å². The van der Waals surface area contributed by atoms with Crippen molar-refractivity contribution >= 4 is 27.9 Å². The van der Waals surface area contributed by atoms with Crippen LogP contribution in [0.4, 0.5) is 5.00 Å². The minimum atomic E-state index is 0.803. The molecule has 5 heteroatoms. The fourth-order valence-electron chi connectivity index (χ4n) is 0.815. The number of anilines is 1. The van der Waals surface area contributed by atoms with Crippen LogP contribution < -0.4 is 5.73 Å². The number of hydrogen-bond donors (Lipinski definition) is 1. The standard InChI is InChI=1S/C6H5N3S2/c7-6-4(1-2-10-6)5-3-11-9-8-5/h1-3H,7H2. The summed E-state index contributed by atoms with van der Waals surface area (Å²) in [6, 6.07) is 1.96. The number of nitrogens with two attached hydrogens (primary N) is 1. The maximum absolute atomic E-state index is 5.69. The Morgan fingerprint density at radius 2 is 2.36 bits per heavy atom. The van der Waals surface area contributed by atoms with Crippen LogP contribution in [0, 0.1) is 0 Å². The molecule has 0 saturated carbocycles. The Labute approximate surface area is 71.7 Å². The van der Waals surface area contributed by atoms with Gasteiger partial charge in [0.2, 0.25) is 0 Å². The molecular formula is C6H5N3S2. The molecule has 56 valence electrons. The Morgan fingerprint density at radius 3 is 2.91 bits per heavy atom. The van der Waals surface area contributed by atoms with Gasteiger partial charge in [-0.3, -0.25) is 0 Å². The van der Waals surface area contributed by atoms with Gasteiger partial charge in [0, 0.05) is 10.9 Å². The summed E-state index contributed by atoms with van der Waals surface area (Å²) in [6.45, 7) is 0. The third-order valence-corrected chi connectivity index (χ3v) is 2.58. The Bertz CT molecular complexity index is 338. The highest BCUT2D eigenvalue weighted by molar-refractivity contribution is 7.14. The molecule has 0 spiro atoms. The summed E-state index contributed by atoms with van der Waals surface area (Å²) >= 11 is 2.85. The highest BCUT2D eigenvalue weighted by Gasteiger charge is 2.04. The van der Waals surface area contributed by atoms with Gasteiger partial charge in [0.1, 0.15) is 5.69 Å². The predicted molar refractivity (Wildman–Crippen MR) is 47.6 cm³/mol. The summed E-state index contributed by atoms with van der Waals surface area (Å²) in [5.41, 5.74) is 7.55. The van der Waals surface area contributed by atoms with E-state index in [1.165, 1.54) is 22.9 Å². The van der Waals surface area contributed by atoms with E-state index >= 15 is 0 Å². The third-order valence-electron chi connectivity index (χ3n) is 1.33. The molecule has 3 nitrogen and oxygen atoms in total. The largest absolute Gasteiger partial charge is 0.390 e. The van der Waals surface area contributed by atoms with Crippen LogP contribution in [0.15, 0.2) is 16.8 Å². The average Bonchev–Trinajstić information content (AvgIpc) is 2.55. The van der Waals surface area contributed by atoms with E-state index in [1.807, 2.05) is 16.8 Å². The molecule has 0 aliphatic rings. The normalized spacial score (nSPS) is 10.2. The molecule has 0 unspecified atom stereocenters. The highest BCUT2D eigenvalue weighted by atomic mass is 32.1. The van der Waals surface area contributed by atoms with Crippen molar-refractivity contribution in [2.45, 2.75) is 0 Å². The molecule has 0 atom stereocenters. The van der Waals surface area contributed by atoms with E-state index in [9.17, 15) is 0 Å². The minimum absolute atomic E-state index is 0.803. The Balaban J connectivity index is 2.53. The second-order valence-corrected chi connectivity index (χ2v) is 3.55. The molecular weight excluding hydrogens is 178 g/mol. The maximum atomic E-state index is 5.69. The van der Waals surface area contributed by atoms with Crippen molar-refractivity contribution in [3.8, 4) is 11.3 Å². The third kappa shape index (κ3) is 1.12. The van der Waals surface area contributed by atoms with E-state index in [0.29, 0.717) is 0 Å². The molecule has 2 heterocycles. The van der Waals surface area contributed by atoms with Gasteiger partial charge in [-0.15, -0.1) is 16.4 Å². The molecule has 0 aromatic carbocycles. The van der Waals surface area contributed by atoms with Crippen molar-refractivity contribution in [2.24, 2.45) is 0 Å². The first kappa shape index (κ1) is 6.75. The molecule has 0 amide bonds. The van der Waals surface area contributed by atoms with Crippen molar-refractivity contribution < 1.29 is 0 Å². The van der Waals surface area contributed by atoms with E-state index < -0.39 is 0 Å². The first-order valence-corrected chi connectivity index (χ1v) is 4.70. The average molecular weight is 183 g/mol. The van der Waals surface area contributed by atoms with E-state index in [4.69, 9.17) is 5.73 Å². The fourth-order valence-corrected chi connectivity index (χ4v) is 1.92. The first-order valence-electron chi connectivity index (χ1n) is 2.98. The zero-order valence-electron chi connectivity index (χ0n) is 5.52. The van der Waals surface area contributed by atoms with Crippen molar-refractivity contribution in [1.82, 2.24) is 9.59 Å². The molecule has 0 radical (unpaired) electrons. The van der Waals surface area contributed by atoms with Crippen LogP contribution in [-0.2, 0) is 0 Å². The van der Waals surface area contributed by atoms with Crippen LogP contribution in [0.1, 0.15) is 0 Å². The fraction of sp³-hybridized carbons (Fsp3) is 0. The summed E-state index contributed by atoms with van der Waals surface area (Å²) in [4.78, 5) is 0. The van der Waals surface area contributed by atoms with Gasteiger partial charge in [-0.1, -0.05) is 4.49 Å². The number of rotatable bonds is 1.